The molecule has 0 spiro atoms. The summed E-state index contributed by atoms with van der Waals surface area (Å²) in [6.07, 6.45) is 0. The molecule has 19 heavy (non-hydrogen) atoms. The highest BCUT2D eigenvalue weighted by Crippen LogP contribution is 2.18. The molecule has 4 heteroatoms. The third kappa shape index (κ3) is 2.91. The second-order valence-corrected chi connectivity index (χ2v) is 4.48. The van der Waals surface area contributed by atoms with Gasteiger partial charge in [-0.1, -0.05) is 6.07 Å². The maximum absolute atomic E-state index is 13.1. The Kier molecular flexibility index (Phi) is 3.51. The fourth-order valence-corrected chi connectivity index (χ4v) is 1.74. The number of anilines is 2. The Morgan fingerprint density at radius 1 is 1.11 bits per heavy atom. The first-order chi connectivity index (χ1) is 8.97. The predicted octanol–water partition coefficient (Wildman–Crippen LogP) is 3.28. The summed E-state index contributed by atoms with van der Waals surface area (Å²) >= 11 is 0. The van der Waals surface area contributed by atoms with Crippen LogP contribution in [0.4, 0.5) is 15.8 Å². The average Bonchev–Trinajstić information content (AvgIpc) is 2.36. The number of carbonyl (C=O) groups excluding carboxylic acids is 1. The molecule has 0 heterocycles. The quantitative estimate of drug-likeness (QED) is 0.812. The summed E-state index contributed by atoms with van der Waals surface area (Å²) in [5.41, 5.74) is 8.94. The summed E-state index contributed by atoms with van der Waals surface area (Å²) in [5, 5.41) is 2.71. The summed E-state index contributed by atoms with van der Waals surface area (Å²) in [4.78, 5) is 12.0. The van der Waals surface area contributed by atoms with Crippen LogP contribution >= 0.6 is 0 Å². The first kappa shape index (κ1) is 13.1. The van der Waals surface area contributed by atoms with Gasteiger partial charge in [0.25, 0.3) is 5.91 Å². The number of benzene rings is 2. The number of halogens is 1. The highest BCUT2D eigenvalue weighted by molar-refractivity contribution is 6.07. The maximum atomic E-state index is 13.1. The van der Waals surface area contributed by atoms with Crippen LogP contribution in [0.25, 0.3) is 0 Å². The number of nitrogen functional groups attached to an aromatic ring is 1. The van der Waals surface area contributed by atoms with Crippen LogP contribution in [0, 0.1) is 19.7 Å². The van der Waals surface area contributed by atoms with E-state index in [1.165, 1.54) is 12.1 Å². The highest BCUT2D eigenvalue weighted by atomic mass is 19.1. The van der Waals surface area contributed by atoms with E-state index in [0.717, 1.165) is 17.2 Å². The first-order valence-corrected chi connectivity index (χ1v) is 5.91. The molecule has 0 radical (unpaired) electrons. The van der Waals surface area contributed by atoms with E-state index in [4.69, 9.17) is 5.73 Å². The molecule has 0 aliphatic rings. The molecule has 2 aromatic carbocycles. The monoisotopic (exact) mass is 258 g/mol. The van der Waals surface area contributed by atoms with Gasteiger partial charge in [0.15, 0.2) is 0 Å². The van der Waals surface area contributed by atoms with Gasteiger partial charge in [0, 0.05) is 11.4 Å². The van der Waals surface area contributed by atoms with Crippen molar-refractivity contribution < 1.29 is 9.18 Å². The summed E-state index contributed by atoms with van der Waals surface area (Å²) in [6, 6.07) is 9.32. The smallest absolute Gasteiger partial charge is 0.257 e. The zero-order valence-corrected chi connectivity index (χ0v) is 10.8. The number of nitrogens with one attached hydrogen (secondary N) is 1. The lowest BCUT2D eigenvalue weighted by atomic mass is 10.1. The Balaban J connectivity index is 2.25. The highest BCUT2D eigenvalue weighted by Gasteiger charge is 2.11. The lowest BCUT2D eigenvalue weighted by Gasteiger charge is -2.09. The molecule has 0 atom stereocenters. The lowest BCUT2D eigenvalue weighted by molar-refractivity contribution is 0.102. The average molecular weight is 258 g/mol. The van der Waals surface area contributed by atoms with Gasteiger partial charge in [-0.05, 0) is 55.3 Å². The maximum Gasteiger partial charge on any atom is 0.257 e. The van der Waals surface area contributed by atoms with E-state index in [1.54, 1.807) is 6.07 Å². The predicted molar refractivity (Wildman–Crippen MR) is 74.7 cm³/mol. The third-order valence-corrected chi connectivity index (χ3v) is 3.02. The van der Waals surface area contributed by atoms with Crippen molar-refractivity contribution in [3.8, 4) is 0 Å². The fraction of sp³-hybridized carbons (Fsp3) is 0.133. The van der Waals surface area contributed by atoms with Crippen molar-refractivity contribution in [3.05, 3.63) is 58.9 Å². The van der Waals surface area contributed by atoms with Crippen molar-refractivity contribution in [3.63, 3.8) is 0 Å². The Morgan fingerprint density at radius 3 is 2.53 bits per heavy atom. The number of carbonyl (C=O) groups is 1. The van der Waals surface area contributed by atoms with Gasteiger partial charge < -0.3 is 11.1 Å². The van der Waals surface area contributed by atoms with Gasteiger partial charge in [0.05, 0.1) is 5.56 Å². The number of aryl methyl sites for hydroxylation is 2. The molecule has 3 nitrogen and oxygen atoms in total. The number of hydrogen-bond donors (Lipinski definition) is 2. The SMILES string of the molecule is Cc1ccc(NC(=O)c2cc(F)ccc2N)cc1C. The minimum atomic E-state index is -0.487. The van der Waals surface area contributed by atoms with Gasteiger partial charge in [0.1, 0.15) is 5.82 Å². The largest absolute Gasteiger partial charge is 0.398 e. The second kappa shape index (κ2) is 5.10. The van der Waals surface area contributed by atoms with Crippen LogP contribution in [-0.4, -0.2) is 5.91 Å². The van der Waals surface area contributed by atoms with Crippen LogP contribution in [0.2, 0.25) is 0 Å². The van der Waals surface area contributed by atoms with Gasteiger partial charge in [-0.15, -0.1) is 0 Å². The number of rotatable bonds is 2. The van der Waals surface area contributed by atoms with E-state index in [9.17, 15) is 9.18 Å². The van der Waals surface area contributed by atoms with Crippen molar-refractivity contribution in [1.82, 2.24) is 0 Å². The van der Waals surface area contributed by atoms with E-state index in [0.29, 0.717) is 5.69 Å². The van der Waals surface area contributed by atoms with Crippen molar-refractivity contribution in [2.75, 3.05) is 11.1 Å². The van der Waals surface area contributed by atoms with Crippen LogP contribution in [0.5, 0.6) is 0 Å². The minimum absolute atomic E-state index is 0.137. The molecule has 98 valence electrons. The summed E-state index contributed by atoms with van der Waals surface area (Å²) < 4.78 is 13.1. The van der Waals surface area contributed by atoms with Crippen molar-refractivity contribution in [2.24, 2.45) is 0 Å². The van der Waals surface area contributed by atoms with Crippen LogP contribution in [0.3, 0.4) is 0 Å². The molecule has 0 fully saturated rings. The van der Waals surface area contributed by atoms with Gasteiger partial charge in [-0.2, -0.15) is 0 Å². The number of amides is 1. The molecule has 0 bridgehead atoms. The third-order valence-electron chi connectivity index (χ3n) is 3.02. The van der Waals surface area contributed by atoms with Crippen LogP contribution in [0.1, 0.15) is 21.5 Å². The molecule has 0 aliphatic carbocycles. The molecule has 0 saturated heterocycles. The van der Waals surface area contributed by atoms with Crippen LogP contribution in [-0.2, 0) is 0 Å². The Labute approximate surface area is 111 Å². The molecule has 3 N–H and O–H groups in total. The van der Waals surface area contributed by atoms with E-state index in [-0.39, 0.29) is 11.3 Å². The van der Waals surface area contributed by atoms with E-state index < -0.39 is 11.7 Å². The van der Waals surface area contributed by atoms with Gasteiger partial charge in [0.2, 0.25) is 0 Å². The molecule has 0 saturated carbocycles. The Hall–Kier alpha value is -2.36. The normalized spacial score (nSPS) is 10.3. The first-order valence-electron chi connectivity index (χ1n) is 5.91. The fourth-order valence-electron chi connectivity index (χ4n) is 1.74. The molecule has 0 aliphatic heterocycles. The zero-order valence-electron chi connectivity index (χ0n) is 10.8. The standard InChI is InChI=1S/C15H15FN2O/c1-9-3-5-12(7-10(9)2)18-15(19)13-8-11(16)4-6-14(13)17/h3-8H,17H2,1-2H3,(H,18,19). The summed E-state index contributed by atoms with van der Waals surface area (Å²) in [5.74, 6) is -0.903. The molecule has 0 aromatic heterocycles. The van der Waals surface area contributed by atoms with Crippen LogP contribution in [0.15, 0.2) is 36.4 Å². The lowest BCUT2D eigenvalue weighted by Crippen LogP contribution is -2.14. The van der Waals surface area contributed by atoms with E-state index in [2.05, 4.69) is 5.32 Å². The summed E-state index contributed by atoms with van der Waals surface area (Å²) in [6.45, 7) is 3.95. The molecule has 0 unspecified atom stereocenters. The molecular formula is C15H15FN2O. The Morgan fingerprint density at radius 2 is 1.84 bits per heavy atom. The molecule has 1 amide bonds. The van der Waals surface area contributed by atoms with Gasteiger partial charge >= 0.3 is 0 Å². The van der Waals surface area contributed by atoms with E-state index in [1.807, 2.05) is 26.0 Å². The Bertz CT molecular complexity index is 638. The number of hydrogen-bond acceptors (Lipinski definition) is 2. The van der Waals surface area contributed by atoms with Crippen molar-refractivity contribution in [2.45, 2.75) is 13.8 Å². The van der Waals surface area contributed by atoms with E-state index >= 15 is 0 Å². The molecule has 2 aromatic rings. The minimum Gasteiger partial charge on any atom is -0.398 e. The van der Waals surface area contributed by atoms with Crippen molar-refractivity contribution >= 4 is 17.3 Å². The summed E-state index contributed by atoms with van der Waals surface area (Å²) in [7, 11) is 0. The van der Waals surface area contributed by atoms with Gasteiger partial charge in [-0.25, -0.2) is 4.39 Å². The molecular weight excluding hydrogens is 243 g/mol. The molecule has 2 rings (SSSR count). The zero-order chi connectivity index (χ0) is 14.0. The second-order valence-electron chi connectivity index (χ2n) is 4.48. The van der Waals surface area contributed by atoms with Gasteiger partial charge in [-0.3, -0.25) is 4.79 Å². The number of nitrogens with two attached hydrogens (primary N) is 1. The van der Waals surface area contributed by atoms with Crippen LogP contribution < -0.4 is 11.1 Å². The topological polar surface area (TPSA) is 55.1 Å². The van der Waals surface area contributed by atoms with Crippen molar-refractivity contribution in [1.29, 1.82) is 0 Å².